The topological polar surface area (TPSA) is 0 Å². The molecule has 1 rings (SSSR count). The predicted octanol–water partition coefficient (Wildman–Crippen LogP) is 6.73. The molecule has 1 aliphatic rings. The van der Waals surface area contributed by atoms with Crippen LogP contribution in [0.4, 0.5) is 0 Å². The van der Waals surface area contributed by atoms with Crippen molar-refractivity contribution in [3.8, 4) is 0 Å². The Morgan fingerprint density at radius 2 is 1.21 bits per heavy atom. The lowest BCUT2D eigenvalue weighted by atomic mass is 9.59. The third-order valence-electron chi connectivity index (χ3n) is 5.58. The van der Waals surface area contributed by atoms with Crippen LogP contribution in [0.25, 0.3) is 0 Å². The van der Waals surface area contributed by atoms with Gasteiger partial charge in [-0.3, -0.25) is 0 Å². The maximum atomic E-state index is 3.37. The van der Waals surface area contributed by atoms with Gasteiger partial charge in [0.25, 0.3) is 0 Å². The highest BCUT2D eigenvalue weighted by Crippen LogP contribution is 2.57. The zero-order chi connectivity index (χ0) is 14.2. The number of hydrogen-bond acceptors (Lipinski definition) is 0. The molecule has 1 aliphatic carbocycles. The minimum atomic E-state index is 0.561. The fourth-order valence-corrected chi connectivity index (χ4v) is 5.04. The predicted molar refractivity (Wildman–Crippen MR) is 91.9 cm³/mol. The van der Waals surface area contributed by atoms with Gasteiger partial charge in [0.15, 0.2) is 0 Å². The van der Waals surface area contributed by atoms with Crippen molar-refractivity contribution in [1.29, 1.82) is 0 Å². The molecule has 0 amide bonds. The van der Waals surface area contributed by atoms with Gasteiger partial charge in [-0.05, 0) is 42.7 Å². The molecule has 2 atom stereocenters. The Morgan fingerprint density at radius 1 is 0.737 bits per heavy atom. The Balaban J connectivity index is 2.84. The molecule has 0 nitrogen and oxygen atoms in total. The smallest absolute Gasteiger partial charge is 0.00939 e. The minimum absolute atomic E-state index is 0.561. The summed E-state index contributed by atoms with van der Waals surface area (Å²) in [6.07, 6.45) is 18.7. The van der Waals surface area contributed by atoms with E-state index in [0.717, 1.165) is 0 Å². The Bertz CT molecular complexity index is 228. The second-order valence-electron chi connectivity index (χ2n) is 6.95. The molecular weight excluding hydrogens is 247 g/mol. The van der Waals surface area contributed by atoms with Gasteiger partial charge in [0.2, 0.25) is 0 Å². The maximum absolute atomic E-state index is 3.37. The van der Waals surface area contributed by atoms with Crippen LogP contribution in [0.2, 0.25) is 0 Å². The van der Waals surface area contributed by atoms with Crippen molar-refractivity contribution in [3.05, 3.63) is 0 Å². The third-order valence-corrected chi connectivity index (χ3v) is 6.77. The fraction of sp³-hybridized carbons (Fsp3) is 1.00. The molecule has 0 aromatic heterocycles. The lowest BCUT2D eigenvalue weighted by Crippen LogP contribution is -2.46. The Hall–Kier alpha value is 0.430. The van der Waals surface area contributed by atoms with Crippen molar-refractivity contribution in [2.45, 2.75) is 109 Å². The van der Waals surface area contributed by atoms with Crippen LogP contribution >= 0.6 is 9.24 Å². The van der Waals surface area contributed by atoms with Gasteiger partial charge in [0.05, 0.1) is 0 Å². The molecule has 2 unspecified atom stereocenters. The lowest BCUT2D eigenvalue weighted by molar-refractivity contribution is 0.0846. The van der Waals surface area contributed by atoms with Crippen LogP contribution in [0.1, 0.15) is 104 Å². The van der Waals surface area contributed by atoms with Crippen LogP contribution < -0.4 is 0 Å². The molecule has 0 heterocycles. The van der Waals surface area contributed by atoms with Crippen LogP contribution in [0.3, 0.4) is 0 Å². The average molecular weight is 284 g/mol. The highest BCUT2D eigenvalue weighted by molar-refractivity contribution is 7.19. The van der Waals surface area contributed by atoms with Gasteiger partial charge in [0.1, 0.15) is 0 Å². The van der Waals surface area contributed by atoms with Crippen LogP contribution in [-0.2, 0) is 0 Å². The average Bonchev–Trinajstić information content (AvgIpc) is 2.43. The SMILES string of the molecule is CCCCC1(P)CCCCC1(CCCC)CCCC. The second-order valence-corrected chi connectivity index (χ2v) is 8.06. The lowest BCUT2D eigenvalue weighted by Gasteiger charge is -2.53. The van der Waals surface area contributed by atoms with Gasteiger partial charge in [-0.2, -0.15) is 0 Å². The molecule has 0 bridgehead atoms. The van der Waals surface area contributed by atoms with E-state index in [1.165, 1.54) is 83.5 Å². The molecule has 0 spiro atoms. The molecule has 1 fully saturated rings. The summed E-state index contributed by atoms with van der Waals surface area (Å²) < 4.78 is 0. The normalized spacial score (nSPS) is 26.5. The molecule has 0 aliphatic heterocycles. The zero-order valence-electron chi connectivity index (χ0n) is 13.8. The summed E-state index contributed by atoms with van der Waals surface area (Å²) in [6, 6.07) is 0. The molecule has 0 aromatic carbocycles. The van der Waals surface area contributed by atoms with E-state index in [0.29, 0.717) is 10.6 Å². The summed E-state index contributed by atoms with van der Waals surface area (Å²) in [7, 11) is 3.37. The molecule has 0 aromatic rings. The van der Waals surface area contributed by atoms with E-state index in [9.17, 15) is 0 Å². The fourth-order valence-electron chi connectivity index (χ4n) is 4.20. The van der Waals surface area contributed by atoms with Crippen LogP contribution in [0.15, 0.2) is 0 Å². The van der Waals surface area contributed by atoms with Gasteiger partial charge in [-0.15, -0.1) is 9.24 Å². The summed E-state index contributed by atoms with van der Waals surface area (Å²) >= 11 is 0. The van der Waals surface area contributed by atoms with Crippen molar-refractivity contribution in [2.75, 3.05) is 0 Å². The first-order valence-corrected chi connectivity index (χ1v) is 9.51. The summed E-state index contributed by atoms with van der Waals surface area (Å²) in [6.45, 7) is 7.05. The van der Waals surface area contributed by atoms with Crippen molar-refractivity contribution in [3.63, 3.8) is 0 Å². The molecule has 1 heteroatoms. The molecule has 0 radical (unpaired) electrons. The molecular formula is C18H37P. The van der Waals surface area contributed by atoms with Gasteiger partial charge in [0, 0.05) is 0 Å². The zero-order valence-corrected chi connectivity index (χ0v) is 14.9. The number of rotatable bonds is 9. The summed E-state index contributed by atoms with van der Waals surface area (Å²) in [4.78, 5) is 0. The van der Waals surface area contributed by atoms with Gasteiger partial charge in [-0.1, -0.05) is 72.1 Å². The summed E-state index contributed by atoms with van der Waals surface area (Å²) in [5.74, 6) is 0. The monoisotopic (exact) mass is 284 g/mol. The van der Waals surface area contributed by atoms with Crippen LogP contribution in [0, 0.1) is 5.41 Å². The van der Waals surface area contributed by atoms with Gasteiger partial charge in [-0.25, -0.2) is 0 Å². The molecule has 0 N–H and O–H groups in total. The third kappa shape index (κ3) is 4.45. The molecule has 114 valence electrons. The van der Waals surface area contributed by atoms with E-state index in [1.54, 1.807) is 0 Å². The largest absolute Gasteiger partial charge is 0.131 e. The van der Waals surface area contributed by atoms with Crippen molar-refractivity contribution < 1.29 is 0 Å². The first-order valence-electron chi connectivity index (χ1n) is 8.93. The Labute approximate surface area is 124 Å². The molecule has 0 saturated heterocycles. The van der Waals surface area contributed by atoms with E-state index < -0.39 is 0 Å². The highest BCUT2D eigenvalue weighted by Gasteiger charge is 2.47. The van der Waals surface area contributed by atoms with Crippen LogP contribution in [-0.4, -0.2) is 5.16 Å². The maximum Gasteiger partial charge on any atom is -0.00939 e. The highest BCUT2D eigenvalue weighted by atomic mass is 31.0. The Morgan fingerprint density at radius 3 is 1.74 bits per heavy atom. The van der Waals surface area contributed by atoms with Gasteiger partial charge >= 0.3 is 0 Å². The second kappa shape index (κ2) is 8.66. The number of unbranched alkanes of at least 4 members (excludes halogenated alkanes) is 3. The first-order chi connectivity index (χ1) is 9.14. The van der Waals surface area contributed by atoms with Gasteiger partial charge < -0.3 is 0 Å². The van der Waals surface area contributed by atoms with Crippen LogP contribution in [0.5, 0.6) is 0 Å². The van der Waals surface area contributed by atoms with E-state index in [4.69, 9.17) is 0 Å². The molecule has 19 heavy (non-hydrogen) atoms. The standard InChI is InChI=1S/C18H37P/c1-4-7-12-17(13-8-5-2)14-10-11-16-18(17,19)15-9-6-3/h4-16,19H2,1-3H3. The van der Waals surface area contributed by atoms with E-state index in [2.05, 4.69) is 30.0 Å². The quantitative estimate of drug-likeness (QED) is 0.412. The first kappa shape index (κ1) is 17.5. The van der Waals surface area contributed by atoms with E-state index in [1.807, 2.05) is 0 Å². The number of hydrogen-bond donors (Lipinski definition) is 0. The Kier molecular flexibility index (Phi) is 7.97. The summed E-state index contributed by atoms with van der Waals surface area (Å²) in [5.41, 5.74) is 0.650. The van der Waals surface area contributed by atoms with E-state index in [-0.39, 0.29) is 0 Å². The minimum Gasteiger partial charge on any atom is -0.131 e. The van der Waals surface area contributed by atoms with E-state index >= 15 is 0 Å². The molecule has 1 saturated carbocycles. The van der Waals surface area contributed by atoms with Crippen molar-refractivity contribution in [1.82, 2.24) is 0 Å². The summed E-state index contributed by atoms with van der Waals surface area (Å²) in [5, 5.41) is 0.561. The van der Waals surface area contributed by atoms with Crippen molar-refractivity contribution in [2.24, 2.45) is 5.41 Å². The van der Waals surface area contributed by atoms with Crippen molar-refractivity contribution >= 4 is 9.24 Å².